The van der Waals surface area contributed by atoms with Crippen LogP contribution in [0.2, 0.25) is 0 Å². The third-order valence-electron chi connectivity index (χ3n) is 3.29. The summed E-state index contributed by atoms with van der Waals surface area (Å²) < 4.78 is 0. The summed E-state index contributed by atoms with van der Waals surface area (Å²) in [7, 11) is 0. The Morgan fingerprint density at radius 2 is 1.73 bits per heavy atom. The molecule has 0 fully saturated rings. The normalized spacial score (nSPS) is 10.4. The molecule has 2 amide bonds. The van der Waals surface area contributed by atoms with E-state index in [1.54, 1.807) is 12.1 Å². The zero-order valence-corrected chi connectivity index (χ0v) is 12.5. The summed E-state index contributed by atoms with van der Waals surface area (Å²) >= 11 is 1.33. The van der Waals surface area contributed by atoms with E-state index in [0.29, 0.717) is 4.88 Å². The summed E-state index contributed by atoms with van der Waals surface area (Å²) in [4.78, 5) is 24.3. The molecule has 0 saturated heterocycles. The number of carbonyl (C=O) groups excluding carboxylic acids is 2. The first-order valence-electron chi connectivity index (χ1n) is 6.83. The van der Waals surface area contributed by atoms with Crippen molar-refractivity contribution in [3.63, 3.8) is 0 Å². The molecular weight excluding hydrogens is 296 g/mol. The maximum Gasteiger partial charge on any atom is 0.279 e. The molecule has 5 heteroatoms. The molecule has 0 saturated carbocycles. The number of hydrogen-bond donors (Lipinski definition) is 2. The molecule has 0 bridgehead atoms. The number of benzene rings is 2. The standard InChI is InChI=1S/C17H14N2O2S/c20-16(18-19-17(21)15-9-4-10-22-15)11-13-7-3-6-12-5-1-2-8-14(12)13/h1-10H,11H2,(H,18,20)(H,19,21). The first-order chi connectivity index (χ1) is 10.7. The minimum atomic E-state index is -0.304. The van der Waals surface area contributed by atoms with Crippen molar-refractivity contribution in [1.29, 1.82) is 0 Å². The predicted molar refractivity (Wildman–Crippen MR) is 87.6 cm³/mol. The van der Waals surface area contributed by atoms with E-state index in [0.717, 1.165) is 16.3 Å². The highest BCUT2D eigenvalue weighted by atomic mass is 32.1. The molecule has 22 heavy (non-hydrogen) atoms. The Hall–Kier alpha value is -2.66. The van der Waals surface area contributed by atoms with Gasteiger partial charge in [0.05, 0.1) is 11.3 Å². The van der Waals surface area contributed by atoms with E-state index in [1.807, 2.05) is 47.8 Å². The topological polar surface area (TPSA) is 58.2 Å². The van der Waals surface area contributed by atoms with E-state index >= 15 is 0 Å². The Morgan fingerprint density at radius 3 is 2.55 bits per heavy atom. The number of thiophene rings is 1. The highest BCUT2D eigenvalue weighted by molar-refractivity contribution is 7.12. The molecule has 2 N–H and O–H groups in total. The van der Waals surface area contributed by atoms with Crippen molar-refractivity contribution in [2.45, 2.75) is 6.42 Å². The second-order valence-electron chi connectivity index (χ2n) is 4.79. The fraction of sp³-hybridized carbons (Fsp3) is 0.0588. The molecular formula is C17H14N2O2S. The van der Waals surface area contributed by atoms with Crippen LogP contribution in [0.3, 0.4) is 0 Å². The number of fused-ring (bicyclic) bond motifs is 1. The van der Waals surface area contributed by atoms with Gasteiger partial charge in [0.1, 0.15) is 0 Å². The number of nitrogens with one attached hydrogen (secondary N) is 2. The van der Waals surface area contributed by atoms with E-state index in [1.165, 1.54) is 11.3 Å². The van der Waals surface area contributed by atoms with Crippen LogP contribution in [0, 0.1) is 0 Å². The van der Waals surface area contributed by atoms with Gasteiger partial charge in [0.2, 0.25) is 5.91 Å². The minimum Gasteiger partial charge on any atom is -0.273 e. The number of carbonyl (C=O) groups is 2. The third-order valence-corrected chi connectivity index (χ3v) is 4.16. The zero-order valence-electron chi connectivity index (χ0n) is 11.7. The van der Waals surface area contributed by atoms with Crippen LogP contribution < -0.4 is 10.9 Å². The number of rotatable bonds is 3. The average Bonchev–Trinajstić information content (AvgIpc) is 3.07. The van der Waals surface area contributed by atoms with Gasteiger partial charge in [-0.15, -0.1) is 11.3 Å². The van der Waals surface area contributed by atoms with Gasteiger partial charge in [-0.25, -0.2) is 0 Å². The van der Waals surface area contributed by atoms with E-state index in [2.05, 4.69) is 10.9 Å². The monoisotopic (exact) mass is 310 g/mol. The van der Waals surface area contributed by atoms with Gasteiger partial charge in [0.15, 0.2) is 0 Å². The van der Waals surface area contributed by atoms with Crippen molar-refractivity contribution in [3.05, 3.63) is 70.4 Å². The molecule has 0 atom stereocenters. The van der Waals surface area contributed by atoms with E-state index in [4.69, 9.17) is 0 Å². The molecule has 1 heterocycles. The molecule has 0 aliphatic carbocycles. The fourth-order valence-electron chi connectivity index (χ4n) is 2.26. The largest absolute Gasteiger partial charge is 0.279 e. The lowest BCUT2D eigenvalue weighted by molar-refractivity contribution is -0.121. The van der Waals surface area contributed by atoms with Crippen molar-refractivity contribution in [1.82, 2.24) is 10.9 Å². The molecule has 2 aromatic carbocycles. The number of hydrazine groups is 1. The fourth-order valence-corrected chi connectivity index (χ4v) is 2.88. The third kappa shape index (κ3) is 3.15. The van der Waals surface area contributed by atoms with Crippen molar-refractivity contribution in [2.75, 3.05) is 0 Å². The second-order valence-corrected chi connectivity index (χ2v) is 5.74. The Balaban J connectivity index is 1.65. The van der Waals surface area contributed by atoms with Crippen LogP contribution in [0.1, 0.15) is 15.2 Å². The Bertz CT molecular complexity index is 807. The van der Waals surface area contributed by atoms with E-state index in [-0.39, 0.29) is 18.2 Å². The summed E-state index contributed by atoms with van der Waals surface area (Å²) in [6, 6.07) is 17.3. The summed E-state index contributed by atoms with van der Waals surface area (Å²) in [5, 5.41) is 3.95. The summed E-state index contributed by atoms with van der Waals surface area (Å²) in [5.74, 6) is -0.553. The molecule has 0 spiro atoms. The predicted octanol–water partition coefficient (Wildman–Crippen LogP) is 2.91. The summed E-state index contributed by atoms with van der Waals surface area (Å²) in [6.07, 6.45) is 0.214. The van der Waals surface area contributed by atoms with Crippen LogP contribution in [-0.2, 0) is 11.2 Å². The van der Waals surface area contributed by atoms with Gasteiger partial charge in [0, 0.05) is 0 Å². The molecule has 0 aliphatic heterocycles. The molecule has 4 nitrogen and oxygen atoms in total. The van der Waals surface area contributed by atoms with Crippen LogP contribution >= 0.6 is 11.3 Å². The molecule has 3 aromatic rings. The van der Waals surface area contributed by atoms with Crippen molar-refractivity contribution in [2.24, 2.45) is 0 Å². The van der Waals surface area contributed by atoms with Crippen LogP contribution in [-0.4, -0.2) is 11.8 Å². The second kappa shape index (κ2) is 6.41. The quantitative estimate of drug-likeness (QED) is 0.731. The van der Waals surface area contributed by atoms with Crippen molar-refractivity contribution in [3.8, 4) is 0 Å². The van der Waals surface area contributed by atoms with Gasteiger partial charge in [0.25, 0.3) is 5.91 Å². The van der Waals surface area contributed by atoms with Crippen LogP contribution in [0.5, 0.6) is 0 Å². The summed E-state index contributed by atoms with van der Waals surface area (Å²) in [5.41, 5.74) is 5.81. The van der Waals surface area contributed by atoms with Gasteiger partial charge in [-0.2, -0.15) is 0 Å². The van der Waals surface area contributed by atoms with Gasteiger partial charge in [-0.1, -0.05) is 48.5 Å². The van der Waals surface area contributed by atoms with Crippen LogP contribution in [0.25, 0.3) is 10.8 Å². The Morgan fingerprint density at radius 1 is 0.909 bits per heavy atom. The van der Waals surface area contributed by atoms with E-state index < -0.39 is 0 Å². The lowest BCUT2D eigenvalue weighted by Crippen LogP contribution is -2.42. The van der Waals surface area contributed by atoms with Crippen LogP contribution in [0.4, 0.5) is 0 Å². The lowest BCUT2D eigenvalue weighted by atomic mass is 10.0. The van der Waals surface area contributed by atoms with Crippen molar-refractivity contribution >= 4 is 33.9 Å². The van der Waals surface area contributed by atoms with Gasteiger partial charge < -0.3 is 0 Å². The maximum atomic E-state index is 12.0. The Kier molecular flexibility index (Phi) is 4.16. The van der Waals surface area contributed by atoms with E-state index in [9.17, 15) is 9.59 Å². The summed E-state index contributed by atoms with van der Waals surface area (Å²) in [6.45, 7) is 0. The number of amides is 2. The van der Waals surface area contributed by atoms with Gasteiger partial charge in [-0.05, 0) is 27.8 Å². The molecule has 1 aromatic heterocycles. The Labute approximate surface area is 131 Å². The molecule has 110 valence electrons. The minimum absolute atomic E-state index is 0.214. The molecule has 0 radical (unpaired) electrons. The molecule has 3 rings (SSSR count). The van der Waals surface area contributed by atoms with Crippen molar-refractivity contribution < 1.29 is 9.59 Å². The molecule has 0 unspecified atom stereocenters. The highest BCUT2D eigenvalue weighted by Gasteiger charge is 2.09. The van der Waals surface area contributed by atoms with Gasteiger partial charge in [-0.3, -0.25) is 20.4 Å². The maximum absolute atomic E-state index is 12.0. The lowest BCUT2D eigenvalue weighted by Gasteiger charge is -2.08. The SMILES string of the molecule is O=C(Cc1cccc2ccccc12)NNC(=O)c1cccs1. The average molecular weight is 310 g/mol. The zero-order chi connectivity index (χ0) is 15.4. The first kappa shape index (κ1) is 14.3. The van der Waals surface area contributed by atoms with Gasteiger partial charge >= 0.3 is 0 Å². The smallest absolute Gasteiger partial charge is 0.273 e. The molecule has 0 aliphatic rings. The first-order valence-corrected chi connectivity index (χ1v) is 7.71. The highest BCUT2D eigenvalue weighted by Crippen LogP contribution is 2.18. The van der Waals surface area contributed by atoms with Crippen LogP contribution in [0.15, 0.2) is 60.0 Å². The number of hydrogen-bond acceptors (Lipinski definition) is 3.